The van der Waals surface area contributed by atoms with Crippen LogP contribution in [0.3, 0.4) is 0 Å². The number of hydrogen-bond acceptors (Lipinski definition) is 3. The van der Waals surface area contributed by atoms with Crippen molar-refractivity contribution in [1.82, 2.24) is 0 Å². The van der Waals surface area contributed by atoms with Gasteiger partial charge in [0.25, 0.3) is 0 Å². The summed E-state index contributed by atoms with van der Waals surface area (Å²) in [6.07, 6.45) is 0. The van der Waals surface area contributed by atoms with Crippen LogP contribution < -0.4 is 4.18 Å². The Hall–Kier alpha value is -1.37. The largest absolute Gasteiger partial charge is 0.377 e. The van der Waals surface area contributed by atoms with Gasteiger partial charge in [0.05, 0.1) is 4.47 Å². The predicted octanol–water partition coefficient (Wildman–Crippen LogP) is 5.75. The van der Waals surface area contributed by atoms with Crippen molar-refractivity contribution in [2.24, 2.45) is 0 Å². The first-order chi connectivity index (χ1) is 11.3. The van der Waals surface area contributed by atoms with Crippen LogP contribution in [0.2, 0.25) is 0 Å². The van der Waals surface area contributed by atoms with E-state index in [0.717, 1.165) is 26.4 Å². The van der Waals surface area contributed by atoms with Gasteiger partial charge in [0.1, 0.15) is 4.90 Å². The fourth-order valence-corrected chi connectivity index (χ4v) is 4.27. The number of aryl methyl sites for hydroxylation is 2. The standard InChI is InChI=1S/C18H14Br2O3S/c1-11-3-5-13(6-4-11)24(21,22)23-18-15-8-9-16(19)12(2)14(15)7-10-17(18)20/h3-10H,1-2H3. The van der Waals surface area contributed by atoms with E-state index in [1.54, 1.807) is 30.3 Å². The highest BCUT2D eigenvalue weighted by Crippen LogP contribution is 2.38. The van der Waals surface area contributed by atoms with Crippen LogP contribution in [0.1, 0.15) is 11.1 Å². The van der Waals surface area contributed by atoms with E-state index in [0.29, 0.717) is 10.2 Å². The zero-order valence-electron chi connectivity index (χ0n) is 13.0. The van der Waals surface area contributed by atoms with Gasteiger partial charge >= 0.3 is 10.1 Å². The lowest BCUT2D eigenvalue weighted by Crippen LogP contribution is -2.10. The van der Waals surface area contributed by atoms with Gasteiger partial charge in [-0.1, -0.05) is 39.7 Å². The van der Waals surface area contributed by atoms with Crippen molar-refractivity contribution in [3.63, 3.8) is 0 Å². The van der Waals surface area contributed by atoms with Crippen molar-refractivity contribution in [3.8, 4) is 5.75 Å². The summed E-state index contributed by atoms with van der Waals surface area (Å²) < 4.78 is 32.2. The van der Waals surface area contributed by atoms with Gasteiger partial charge in [0.2, 0.25) is 0 Å². The van der Waals surface area contributed by atoms with Crippen LogP contribution in [-0.2, 0) is 10.1 Å². The number of rotatable bonds is 3. The molecule has 0 heterocycles. The van der Waals surface area contributed by atoms with Gasteiger partial charge in [-0.05, 0) is 71.1 Å². The summed E-state index contributed by atoms with van der Waals surface area (Å²) in [6.45, 7) is 3.87. The van der Waals surface area contributed by atoms with E-state index in [1.165, 1.54) is 0 Å². The average molecular weight is 470 g/mol. The van der Waals surface area contributed by atoms with Crippen molar-refractivity contribution in [2.75, 3.05) is 0 Å². The highest BCUT2D eigenvalue weighted by Gasteiger charge is 2.20. The molecule has 0 aliphatic rings. The maximum absolute atomic E-state index is 12.6. The Morgan fingerprint density at radius 3 is 2.04 bits per heavy atom. The van der Waals surface area contributed by atoms with Gasteiger partial charge < -0.3 is 4.18 Å². The van der Waals surface area contributed by atoms with Crippen LogP contribution in [0, 0.1) is 13.8 Å². The fourth-order valence-electron chi connectivity index (χ4n) is 2.42. The topological polar surface area (TPSA) is 43.4 Å². The summed E-state index contributed by atoms with van der Waals surface area (Å²) in [5, 5.41) is 1.67. The van der Waals surface area contributed by atoms with Crippen LogP contribution in [0.4, 0.5) is 0 Å². The van der Waals surface area contributed by atoms with Gasteiger partial charge in [-0.2, -0.15) is 8.42 Å². The number of benzene rings is 3. The maximum Gasteiger partial charge on any atom is 0.339 e. The molecule has 0 amide bonds. The number of hydrogen-bond donors (Lipinski definition) is 0. The molecule has 3 rings (SSSR count). The van der Waals surface area contributed by atoms with Gasteiger partial charge in [0.15, 0.2) is 5.75 Å². The van der Waals surface area contributed by atoms with E-state index in [4.69, 9.17) is 4.18 Å². The first kappa shape index (κ1) is 17.5. The van der Waals surface area contributed by atoms with Gasteiger partial charge in [-0.25, -0.2) is 0 Å². The summed E-state index contributed by atoms with van der Waals surface area (Å²) in [5.41, 5.74) is 2.01. The van der Waals surface area contributed by atoms with Crippen molar-refractivity contribution >= 4 is 52.8 Å². The molecule has 0 aliphatic carbocycles. The highest BCUT2D eigenvalue weighted by molar-refractivity contribution is 9.10. The van der Waals surface area contributed by atoms with E-state index in [2.05, 4.69) is 31.9 Å². The lowest BCUT2D eigenvalue weighted by Gasteiger charge is -2.13. The smallest absolute Gasteiger partial charge is 0.339 e. The summed E-state index contributed by atoms with van der Waals surface area (Å²) in [4.78, 5) is 0.130. The Bertz CT molecular complexity index is 1030. The number of fused-ring (bicyclic) bond motifs is 1. The molecule has 0 N–H and O–H groups in total. The molecule has 6 heteroatoms. The summed E-state index contributed by atoms with van der Waals surface area (Å²) in [6, 6.07) is 14.0. The molecule has 0 saturated carbocycles. The van der Waals surface area contributed by atoms with Crippen LogP contribution in [0.25, 0.3) is 10.8 Å². The third-order valence-electron chi connectivity index (χ3n) is 3.81. The average Bonchev–Trinajstić information content (AvgIpc) is 2.54. The monoisotopic (exact) mass is 468 g/mol. The molecule has 0 bridgehead atoms. The van der Waals surface area contributed by atoms with Crippen LogP contribution in [-0.4, -0.2) is 8.42 Å². The molecule has 3 aromatic carbocycles. The molecule has 24 heavy (non-hydrogen) atoms. The maximum atomic E-state index is 12.6. The van der Waals surface area contributed by atoms with Gasteiger partial charge in [-0.15, -0.1) is 0 Å². The second-order valence-corrected chi connectivity index (χ2v) is 8.75. The molecule has 0 spiro atoms. The Morgan fingerprint density at radius 2 is 1.38 bits per heavy atom. The minimum absolute atomic E-state index is 0.130. The molecule has 0 saturated heterocycles. The Labute approximate surface area is 158 Å². The Morgan fingerprint density at radius 1 is 0.792 bits per heavy atom. The predicted molar refractivity (Wildman–Crippen MR) is 103 cm³/mol. The summed E-state index contributed by atoms with van der Waals surface area (Å²) >= 11 is 6.89. The zero-order chi connectivity index (χ0) is 17.5. The lowest BCUT2D eigenvalue weighted by molar-refractivity contribution is 0.487. The Kier molecular flexibility index (Phi) is 4.73. The van der Waals surface area contributed by atoms with Crippen molar-refractivity contribution in [1.29, 1.82) is 0 Å². The number of halogens is 2. The molecular weight excluding hydrogens is 456 g/mol. The molecule has 0 atom stereocenters. The minimum atomic E-state index is -3.91. The molecular formula is C18H14Br2O3S. The highest BCUT2D eigenvalue weighted by atomic mass is 79.9. The Balaban J connectivity index is 2.14. The van der Waals surface area contributed by atoms with E-state index < -0.39 is 10.1 Å². The van der Waals surface area contributed by atoms with E-state index in [-0.39, 0.29) is 4.90 Å². The van der Waals surface area contributed by atoms with Crippen LogP contribution in [0.15, 0.2) is 62.4 Å². The molecule has 3 aromatic rings. The normalized spacial score (nSPS) is 11.7. The van der Waals surface area contributed by atoms with E-state index in [9.17, 15) is 8.42 Å². The summed E-state index contributed by atoms with van der Waals surface area (Å²) in [7, 11) is -3.91. The van der Waals surface area contributed by atoms with E-state index >= 15 is 0 Å². The SMILES string of the molecule is Cc1ccc(S(=O)(=O)Oc2c(Br)ccc3c(C)c(Br)ccc23)cc1. The first-order valence-electron chi connectivity index (χ1n) is 7.18. The lowest BCUT2D eigenvalue weighted by atomic mass is 10.1. The van der Waals surface area contributed by atoms with E-state index in [1.807, 2.05) is 32.0 Å². The van der Waals surface area contributed by atoms with Gasteiger partial charge in [0, 0.05) is 9.86 Å². The third kappa shape index (κ3) is 3.23. The van der Waals surface area contributed by atoms with Crippen LogP contribution >= 0.6 is 31.9 Å². The van der Waals surface area contributed by atoms with Crippen molar-refractivity contribution < 1.29 is 12.6 Å². The van der Waals surface area contributed by atoms with Crippen molar-refractivity contribution in [3.05, 3.63) is 68.6 Å². The molecule has 0 unspecified atom stereocenters. The molecule has 124 valence electrons. The molecule has 0 fully saturated rings. The second kappa shape index (κ2) is 6.50. The minimum Gasteiger partial charge on any atom is -0.377 e. The van der Waals surface area contributed by atoms with Crippen molar-refractivity contribution in [2.45, 2.75) is 18.7 Å². The third-order valence-corrected chi connectivity index (χ3v) is 6.53. The molecule has 0 aromatic heterocycles. The molecule has 0 radical (unpaired) electrons. The van der Waals surface area contributed by atoms with Crippen LogP contribution in [0.5, 0.6) is 5.75 Å². The zero-order valence-corrected chi connectivity index (χ0v) is 17.0. The molecule has 3 nitrogen and oxygen atoms in total. The fraction of sp³-hybridized carbons (Fsp3) is 0.111. The quantitative estimate of drug-likeness (QED) is 0.458. The second-order valence-electron chi connectivity index (χ2n) is 5.49. The first-order valence-corrected chi connectivity index (χ1v) is 10.2. The summed E-state index contributed by atoms with van der Waals surface area (Å²) in [5.74, 6) is 0.295. The van der Waals surface area contributed by atoms with Gasteiger partial charge in [-0.3, -0.25) is 0 Å². The molecule has 0 aliphatic heterocycles.